The number of hydrogen-bond acceptors (Lipinski definition) is 3. The Bertz CT molecular complexity index is 1080. The smallest absolute Gasteiger partial charge is 0.346 e. The fraction of sp³-hybridized carbons (Fsp3) is 0.455. The van der Waals surface area contributed by atoms with Crippen LogP contribution in [0.5, 0.6) is 0 Å². The number of nitrogens with zero attached hydrogens (tertiary/aromatic N) is 2. The first-order valence-electron chi connectivity index (χ1n) is 13.9. The van der Waals surface area contributed by atoms with Crippen LogP contribution in [0, 0.1) is 16.7 Å². The van der Waals surface area contributed by atoms with Crippen molar-refractivity contribution in [3.63, 3.8) is 0 Å². The van der Waals surface area contributed by atoms with Crippen molar-refractivity contribution in [2.45, 2.75) is 91.4 Å². The zero-order valence-corrected chi connectivity index (χ0v) is 22.8. The third-order valence-corrected chi connectivity index (χ3v) is 7.22. The highest BCUT2D eigenvalue weighted by molar-refractivity contribution is 5.93. The normalized spacial score (nSPS) is 16.3. The molecule has 0 amide bonds. The van der Waals surface area contributed by atoms with Gasteiger partial charge < -0.3 is 10.0 Å². The van der Waals surface area contributed by atoms with Gasteiger partial charge in [0.25, 0.3) is 0 Å². The Morgan fingerprint density at radius 2 is 1.38 bits per heavy atom. The molecular weight excluding hydrogens is 456 g/mol. The number of aliphatic carboxylic acids is 1. The molecule has 2 aromatic carbocycles. The lowest BCUT2D eigenvalue weighted by molar-refractivity contribution is -0.132. The Kier molecular flexibility index (Phi) is 10.6. The molecule has 37 heavy (non-hydrogen) atoms. The first-order valence-corrected chi connectivity index (χ1v) is 13.9. The number of carbonyl (C=O) groups is 1. The number of anilines is 2. The first-order chi connectivity index (χ1) is 17.9. The summed E-state index contributed by atoms with van der Waals surface area (Å²) in [5, 5.41) is 19.9. The molecule has 0 unspecified atom stereocenters. The average molecular weight is 499 g/mol. The molecule has 1 N–H and O–H groups in total. The third kappa shape index (κ3) is 7.83. The van der Waals surface area contributed by atoms with Crippen molar-refractivity contribution in [3.8, 4) is 6.07 Å². The molecule has 196 valence electrons. The summed E-state index contributed by atoms with van der Waals surface area (Å²) in [5.41, 5.74) is 4.66. The van der Waals surface area contributed by atoms with Crippen LogP contribution in [0.1, 0.15) is 91.4 Å². The number of benzene rings is 2. The van der Waals surface area contributed by atoms with Crippen LogP contribution in [0.4, 0.5) is 11.4 Å². The lowest BCUT2D eigenvalue weighted by atomic mass is 9.71. The largest absolute Gasteiger partial charge is 0.477 e. The molecule has 0 radical (unpaired) electrons. The van der Waals surface area contributed by atoms with Crippen LogP contribution < -0.4 is 4.90 Å². The lowest BCUT2D eigenvalue weighted by Crippen LogP contribution is -2.30. The van der Waals surface area contributed by atoms with Gasteiger partial charge in [-0.1, -0.05) is 102 Å². The van der Waals surface area contributed by atoms with Gasteiger partial charge in [-0.15, -0.1) is 0 Å². The number of carboxylic acid groups (broad SMARTS) is 1. The van der Waals surface area contributed by atoms with Crippen LogP contribution in [0.3, 0.4) is 0 Å². The predicted octanol–water partition coefficient (Wildman–Crippen LogP) is 9.33. The Hall–Kier alpha value is -3.32. The van der Waals surface area contributed by atoms with Crippen LogP contribution >= 0.6 is 0 Å². The molecule has 0 spiro atoms. The second-order valence-electron chi connectivity index (χ2n) is 10.9. The van der Waals surface area contributed by atoms with Crippen LogP contribution in [-0.2, 0) is 4.79 Å². The van der Waals surface area contributed by atoms with Gasteiger partial charge in [0.05, 0.1) is 0 Å². The molecule has 0 saturated heterocycles. The molecule has 0 aromatic heterocycles. The molecule has 3 rings (SSSR count). The zero-order valence-electron chi connectivity index (χ0n) is 22.8. The summed E-state index contributed by atoms with van der Waals surface area (Å²) in [7, 11) is 0. The summed E-state index contributed by atoms with van der Waals surface area (Å²) in [6, 6.07) is 22.6. The predicted molar refractivity (Wildman–Crippen MR) is 153 cm³/mol. The van der Waals surface area contributed by atoms with E-state index in [1.54, 1.807) is 0 Å². The second-order valence-corrected chi connectivity index (χ2v) is 10.9. The van der Waals surface area contributed by atoms with Gasteiger partial charge in [-0.25, -0.2) is 4.79 Å². The van der Waals surface area contributed by atoms with Gasteiger partial charge in [0.2, 0.25) is 0 Å². The summed E-state index contributed by atoms with van der Waals surface area (Å²) >= 11 is 0. The fourth-order valence-electron chi connectivity index (χ4n) is 5.43. The van der Waals surface area contributed by atoms with Crippen LogP contribution in [0.2, 0.25) is 0 Å². The van der Waals surface area contributed by atoms with E-state index in [1.807, 2.05) is 42.5 Å². The minimum atomic E-state index is -1.13. The van der Waals surface area contributed by atoms with Gasteiger partial charge >= 0.3 is 5.97 Å². The molecule has 4 heteroatoms. The Morgan fingerprint density at radius 3 is 1.86 bits per heavy atom. The summed E-state index contributed by atoms with van der Waals surface area (Å²) in [6.45, 7) is 6.58. The summed E-state index contributed by atoms with van der Waals surface area (Å²) in [4.78, 5) is 14.5. The summed E-state index contributed by atoms with van der Waals surface area (Å²) < 4.78 is 0. The molecular formula is C33H42N2O2. The quantitative estimate of drug-likeness (QED) is 0.170. The number of hydrogen-bond donors (Lipinski definition) is 1. The van der Waals surface area contributed by atoms with E-state index in [2.05, 4.69) is 49.9 Å². The molecule has 0 saturated carbocycles. The highest BCUT2D eigenvalue weighted by Crippen LogP contribution is 2.48. The minimum Gasteiger partial charge on any atom is -0.477 e. The van der Waals surface area contributed by atoms with Gasteiger partial charge in [-0.3, -0.25) is 0 Å². The number of allylic oxidation sites excluding steroid dienone is 3. The third-order valence-electron chi connectivity index (χ3n) is 7.22. The molecule has 2 aromatic rings. The van der Waals surface area contributed by atoms with E-state index in [-0.39, 0.29) is 11.0 Å². The highest BCUT2D eigenvalue weighted by atomic mass is 16.4. The van der Waals surface area contributed by atoms with E-state index in [4.69, 9.17) is 0 Å². The maximum atomic E-state index is 12.2. The van der Waals surface area contributed by atoms with Gasteiger partial charge in [0.15, 0.2) is 0 Å². The van der Waals surface area contributed by atoms with E-state index in [0.717, 1.165) is 48.3 Å². The van der Waals surface area contributed by atoms with E-state index >= 15 is 0 Å². The molecule has 0 bridgehead atoms. The van der Waals surface area contributed by atoms with Crippen molar-refractivity contribution in [2.75, 3.05) is 4.90 Å². The topological polar surface area (TPSA) is 64.3 Å². The molecule has 0 atom stereocenters. The average Bonchev–Trinajstić information content (AvgIpc) is 2.88. The number of unbranched alkanes of at least 4 members (excludes halogenated alkanes) is 7. The van der Waals surface area contributed by atoms with E-state index < -0.39 is 5.97 Å². The van der Waals surface area contributed by atoms with Crippen LogP contribution in [0.15, 0.2) is 83.1 Å². The molecule has 1 aliphatic rings. The Morgan fingerprint density at radius 1 is 0.865 bits per heavy atom. The summed E-state index contributed by atoms with van der Waals surface area (Å²) in [6.07, 6.45) is 11.9. The zero-order chi connectivity index (χ0) is 26.7. The number of para-hydroxylation sites is 2. The lowest BCUT2D eigenvalue weighted by Gasteiger charge is -2.41. The summed E-state index contributed by atoms with van der Waals surface area (Å²) in [5.74, 6) is -1.13. The van der Waals surface area contributed by atoms with Crippen molar-refractivity contribution in [1.29, 1.82) is 5.26 Å². The first kappa shape index (κ1) is 28.3. The maximum Gasteiger partial charge on any atom is 0.346 e. The van der Waals surface area contributed by atoms with Crippen LogP contribution in [-0.4, -0.2) is 11.1 Å². The van der Waals surface area contributed by atoms with Gasteiger partial charge in [-0.05, 0) is 66.5 Å². The molecule has 0 aliphatic heterocycles. The fourth-order valence-corrected chi connectivity index (χ4v) is 5.43. The molecule has 1 aliphatic carbocycles. The number of rotatable bonds is 13. The Labute approximate surface area is 223 Å². The van der Waals surface area contributed by atoms with E-state index in [9.17, 15) is 15.2 Å². The SMILES string of the molecule is CCCCCCCCCCC1=C(N(c2ccccc2)c2ccccc2)CC(C)(C)CC1=C(C#N)C(=O)O. The second kappa shape index (κ2) is 13.8. The monoisotopic (exact) mass is 498 g/mol. The standard InChI is InChI=1S/C33H42N2O2/c1-4-5-6-7-8-9-10-17-22-28-29(30(25-34)32(36)37)23-33(2,3)24-31(28)35(26-18-13-11-14-19-26)27-20-15-12-16-21-27/h11-16,18-21H,4-10,17,22-24H2,1-3H3,(H,36,37). The number of carboxylic acids is 1. The maximum absolute atomic E-state index is 12.2. The van der Waals surface area contributed by atoms with E-state index in [1.165, 1.54) is 38.5 Å². The van der Waals surface area contributed by atoms with Crippen molar-refractivity contribution in [1.82, 2.24) is 0 Å². The van der Waals surface area contributed by atoms with Crippen LogP contribution in [0.25, 0.3) is 0 Å². The van der Waals surface area contributed by atoms with Gasteiger partial charge in [-0.2, -0.15) is 5.26 Å². The van der Waals surface area contributed by atoms with Crippen molar-refractivity contribution >= 4 is 17.3 Å². The molecule has 0 heterocycles. The van der Waals surface area contributed by atoms with Gasteiger partial charge in [0.1, 0.15) is 11.6 Å². The Balaban J connectivity index is 2.06. The molecule has 0 fully saturated rings. The van der Waals surface area contributed by atoms with Crippen molar-refractivity contribution in [3.05, 3.63) is 83.1 Å². The highest BCUT2D eigenvalue weighted by Gasteiger charge is 2.36. The van der Waals surface area contributed by atoms with Crippen molar-refractivity contribution in [2.24, 2.45) is 5.41 Å². The molecule has 4 nitrogen and oxygen atoms in total. The van der Waals surface area contributed by atoms with E-state index in [0.29, 0.717) is 12.0 Å². The van der Waals surface area contributed by atoms with Crippen molar-refractivity contribution < 1.29 is 9.90 Å². The minimum absolute atomic E-state index is 0.110. The number of nitriles is 1. The van der Waals surface area contributed by atoms with Gasteiger partial charge in [0, 0.05) is 17.1 Å².